The Kier molecular flexibility index (Phi) is 7.46. The Balaban J connectivity index is 1.03. The van der Waals surface area contributed by atoms with Crippen LogP contribution in [-0.2, 0) is 16.0 Å². The SMILES string of the molecule is Nc1ncccc1-c1nc2ccc(-n3ccc(C4CCOCC4)n3)nc2n1-c1ccc2c(c1)CC[C@@H]2NC1CCN(C(=O)C2CC2)CC1. The number of benzene rings is 1. The van der Waals surface area contributed by atoms with Crippen molar-refractivity contribution in [1.82, 2.24) is 39.5 Å². The molecule has 4 aromatic heterocycles. The molecule has 0 spiro atoms. The molecule has 0 bridgehead atoms. The molecule has 48 heavy (non-hydrogen) atoms. The molecule has 6 heterocycles. The van der Waals surface area contributed by atoms with E-state index in [9.17, 15) is 4.79 Å². The summed E-state index contributed by atoms with van der Waals surface area (Å²) in [6.45, 7) is 3.29. The largest absolute Gasteiger partial charge is 0.383 e. The normalized spacial score (nSPS) is 20.4. The number of ether oxygens (including phenoxy) is 1. The number of hydrogen-bond donors (Lipinski definition) is 2. The second-order valence-corrected chi connectivity index (χ2v) is 13.8. The first-order chi connectivity index (χ1) is 23.6. The number of anilines is 1. The molecule has 1 saturated carbocycles. The number of nitrogens with zero attached hydrogens (tertiary/aromatic N) is 7. The van der Waals surface area contributed by atoms with Crippen molar-refractivity contribution in [2.45, 2.75) is 69.4 Å². The van der Waals surface area contributed by atoms with Crippen LogP contribution in [0.3, 0.4) is 0 Å². The number of nitrogens with two attached hydrogens (primary N) is 1. The number of carbonyl (C=O) groups is 1. The number of aromatic nitrogens is 6. The second-order valence-electron chi connectivity index (χ2n) is 13.8. The Labute approximate surface area is 279 Å². The molecule has 3 fully saturated rings. The fourth-order valence-electron chi connectivity index (χ4n) is 7.84. The molecule has 3 N–H and O–H groups in total. The Morgan fingerprint density at radius 3 is 2.60 bits per heavy atom. The van der Waals surface area contributed by atoms with Gasteiger partial charge in [-0.2, -0.15) is 5.10 Å². The maximum atomic E-state index is 12.5. The van der Waals surface area contributed by atoms with Gasteiger partial charge in [0.05, 0.1) is 11.3 Å². The molecule has 9 rings (SSSR count). The minimum atomic E-state index is 0.301. The highest BCUT2D eigenvalue weighted by Crippen LogP contribution is 2.37. The van der Waals surface area contributed by atoms with Crippen LogP contribution in [0.2, 0.25) is 0 Å². The van der Waals surface area contributed by atoms with Crippen molar-refractivity contribution in [2.75, 3.05) is 32.0 Å². The summed E-state index contributed by atoms with van der Waals surface area (Å²) < 4.78 is 9.54. The maximum Gasteiger partial charge on any atom is 0.225 e. The highest BCUT2D eigenvalue weighted by Gasteiger charge is 2.35. The Bertz CT molecular complexity index is 1980. The van der Waals surface area contributed by atoms with E-state index in [-0.39, 0.29) is 0 Å². The van der Waals surface area contributed by atoms with Crippen LogP contribution >= 0.6 is 0 Å². The molecule has 2 saturated heterocycles. The monoisotopic (exact) mass is 643 g/mol. The number of nitrogen functional groups attached to an aromatic ring is 1. The number of pyridine rings is 2. The minimum absolute atomic E-state index is 0.301. The summed E-state index contributed by atoms with van der Waals surface area (Å²) >= 11 is 0. The average Bonchev–Trinajstić information content (AvgIpc) is 3.54. The lowest BCUT2D eigenvalue weighted by molar-refractivity contribution is -0.133. The summed E-state index contributed by atoms with van der Waals surface area (Å²) in [6.07, 6.45) is 11.9. The van der Waals surface area contributed by atoms with Gasteiger partial charge in [-0.1, -0.05) is 6.07 Å². The van der Waals surface area contributed by atoms with Gasteiger partial charge in [-0.15, -0.1) is 0 Å². The van der Waals surface area contributed by atoms with Gasteiger partial charge in [0.15, 0.2) is 17.3 Å². The quantitative estimate of drug-likeness (QED) is 0.250. The number of fused-ring (bicyclic) bond motifs is 2. The fraction of sp³-hybridized carbons (Fsp3) is 0.432. The first kappa shape index (κ1) is 29.5. The van der Waals surface area contributed by atoms with Crippen molar-refractivity contribution in [3.63, 3.8) is 0 Å². The fourth-order valence-corrected chi connectivity index (χ4v) is 7.84. The average molecular weight is 644 g/mol. The number of rotatable bonds is 7. The Hall–Kier alpha value is -4.61. The number of carbonyl (C=O) groups excluding carboxylic acids is 1. The maximum absolute atomic E-state index is 12.5. The van der Waals surface area contributed by atoms with Crippen molar-refractivity contribution in [2.24, 2.45) is 5.92 Å². The number of aryl methyl sites for hydroxylation is 1. The molecule has 4 aliphatic rings. The number of likely N-dealkylation sites (tertiary alicyclic amines) is 1. The van der Waals surface area contributed by atoms with E-state index in [1.165, 1.54) is 11.1 Å². The van der Waals surface area contributed by atoms with Gasteiger partial charge in [-0.05, 0) is 105 Å². The zero-order chi connectivity index (χ0) is 32.2. The molecular formula is C37H41N9O2. The first-order valence-corrected chi connectivity index (χ1v) is 17.5. The molecule has 5 aromatic rings. The van der Waals surface area contributed by atoms with Crippen LogP contribution in [0.25, 0.3) is 34.1 Å². The van der Waals surface area contributed by atoms with Crippen LogP contribution in [0.5, 0.6) is 0 Å². The van der Waals surface area contributed by atoms with Crippen molar-refractivity contribution in [3.05, 3.63) is 77.7 Å². The van der Waals surface area contributed by atoms with Crippen LogP contribution < -0.4 is 11.1 Å². The van der Waals surface area contributed by atoms with Crippen molar-refractivity contribution in [1.29, 1.82) is 0 Å². The highest BCUT2D eigenvalue weighted by atomic mass is 16.5. The van der Waals surface area contributed by atoms with Crippen LogP contribution in [-0.4, -0.2) is 72.5 Å². The van der Waals surface area contributed by atoms with E-state index in [1.807, 2.05) is 35.1 Å². The third-order valence-electron chi connectivity index (χ3n) is 10.7. The van der Waals surface area contributed by atoms with Gasteiger partial charge < -0.3 is 20.7 Å². The van der Waals surface area contributed by atoms with E-state index in [2.05, 4.69) is 44.0 Å². The standard InChI is InChI=1S/C37H41N9O2/c38-34-29(2-1-16-39-34)35-41-32-9-10-33(45-19-13-30(43-45)23-14-20-48-21-15-23)42-36(32)46(35)27-6-7-28-25(22-27)5-8-31(28)40-26-11-17-44(18-12-26)37(47)24-3-4-24/h1-2,6-7,9-10,13,16,19,22-24,26,31,40H,3-5,8,11-12,14-15,17-18,20-21H2,(H2,38,39)/t31-/m0/s1. The molecular weight excluding hydrogens is 602 g/mol. The Morgan fingerprint density at radius 1 is 0.938 bits per heavy atom. The summed E-state index contributed by atoms with van der Waals surface area (Å²) in [5.41, 5.74) is 13.5. The number of amides is 1. The van der Waals surface area contributed by atoms with Crippen LogP contribution in [0.15, 0.2) is 60.9 Å². The lowest BCUT2D eigenvalue weighted by Crippen LogP contribution is -2.46. The highest BCUT2D eigenvalue weighted by molar-refractivity contribution is 5.83. The van der Waals surface area contributed by atoms with E-state index in [1.54, 1.807) is 6.20 Å². The molecule has 2 aliphatic carbocycles. The zero-order valence-corrected chi connectivity index (χ0v) is 27.1. The predicted molar refractivity (Wildman–Crippen MR) is 183 cm³/mol. The summed E-state index contributed by atoms with van der Waals surface area (Å²) in [6, 6.07) is 17.4. The van der Waals surface area contributed by atoms with Gasteiger partial charge in [0.1, 0.15) is 11.3 Å². The summed E-state index contributed by atoms with van der Waals surface area (Å²) in [5.74, 6) is 2.96. The Morgan fingerprint density at radius 2 is 1.79 bits per heavy atom. The zero-order valence-electron chi connectivity index (χ0n) is 27.1. The number of piperidine rings is 1. The van der Waals surface area contributed by atoms with Gasteiger partial charge in [0.2, 0.25) is 5.91 Å². The third kappa shape index (κ3) is 5.44. The van der Waals surface area contributed by atoms with Crippen LogP contribution in [0, 0.1) is 5.92 Å². The minimum Gasteiger partial charge on any atom is -0.383 e. The molecule has 246 valence electrons. The van der Waals surface area contributed by atoms with Gasteiger partial charge >= 0.3 is 0 Å². The predicted octanol–water partition coefficient (Wildman–Crippen LogP) is 5.12. The van der Waals surface area contributed by atoms with Crippen molar-refractivity contribution >= 4 is 22.9 Å². The van der Waals surface area contributed by atoms with Gasteiger partial charge in [0.25, 0.3) is 0 Å². The lowest BCUT2D eigenvalue weighted by Gasteiger charge is -2.34. The lowest BCUT2D eigenvalue weighted by atomic mass is 9.97. The topological polar surface area (TPSA) is 129 Å². The van der Waals surface area contributed by atoms with Gasteiger partial charge in [0, 0.05) is 68.3 Å². The molecule has 1 aromatic carbocycles. The first-order valence-electron chi connectivity index (χ1n) is 17.5. The van der Waals surface area contributed by atoms with Gasteiger partial charge in [-0.25, -0.2) is 19.6 Å². The van der Waals surface area contributed by atoms with Crippen LogP contribution in [0.1, 0.15) is 73.7 Å². The summed E-state index contributed by atoms with van der Waals surface area (Å²) in [4.78, 5) is 29.2. The van der Waals surface area contributed by atoms with Crippen molar-refractivity contribution in [3.8, 4) is 22.9 Å². The molecule has 0 unspecified atom stereocenters. The molecule has 1 atom stereocenters. The molecule has 2 aliphatic heterocycles. The van der Waals surface area contributed by atoms with Crippen molar-refractivity contribution < 1.29 is 9.53 Å². The number of hydrogen-bond acceptors (Lipinski definition) is 8. The number of imidazole rings is 1. The van der Waals surface area contributed by atoms with Gasteiger partial charge in [-0.3, -0.25) is 9.36 Å². The van der Waals surface area contributed by atoms with E-state index in [4.69, 9.17) is 25.5 Å². The van der Waals surface area contributed by atoms with E-state index >= 15 is 0 Å². The number of nitrogens with one attached hydrogen (secondary N) is 1. The second kappa shape index (κ2) is 12.1. The molecule has 11 nitrogen and oxygen atoms in total. The summed E-state index contributed by atoms with van der Waals surface area (Å²) in [5, 5.41) is 8.88. The smallest absolute Gasteiger partial charge is 0.225 e. The molecule has 1 amide bonds. The summed E-state index contributed by atoms with van der Waals surface area (Å²) in [7, 11) is 0. The van der Waals surface area contributed by atoms with E-state index in [0.29, 0.717) is 41.5 Å². The molecule has 11 heteroatoms. The third-order valence-corrected chi connectivity index (χ3v) is 10.7. The van der Waals surface area contributed by atoms with E-state index < -0.39 is 0 Å². The molecule has 0 radical (unpaired) electrons. The van der Waals surface area contributed by atoms with E-state index in [0.717, 1.165) is 112 Å². The van der Waals surface area contributed by atoms with Crippen LogP contribution in [0.4, 0.5) is 5.82 Å².